The predicted octanol–water partition coefficient (Wildman–Crippen LogP) is 4.81. The van der Waals surface area contributed by atoms with E-state index >= 15 is 0 Å². The number of hydrogen-bond donors (Lipinski definition) is 1. The van der Waals surface area contributed by atoms with Crippen LogP contribution in [0.3, 0.4) is 0 Å². The first-order valence-corrected chi connectivity index (χ1v) is 11.1. The third-order valence-electron chi connectivity index (χ3n) is 4.40. The Morgan fingerprint density at radius 3 is 2.43 bits per heavy atom. The molecule has 3 rings (SSSR count). The van der Waals surface area contributed by atoms with Crippen LogP contribution < -0.4 is 10.3 Å². The van der Waals surface area contributed by atoms with Gasteiger partial charge in [-0.25, -0.2) is 4.79 Å². The molecule has 0 saturated carbocycles. The second kappa shape index (κ2) is 7.52. The predicted molar refractivity (Wildman–Crippen MR) is 114 cm³/mol. The minimum atomic E-state index is -3.81. The van der Waals surface area contributed by atoms with E-state index in [0.717, 1.165) is 32.7 Å². The number of nitrogens with zero attached hydrogens (tertiary/aromatic N) is 1. The van der Waals surface area contributed by atoms with Gasteiger partial charge in [0.2, 0.25) is 0 Å². The molecule has 28 heavy (non-hydrogen) atoms. The maximum absolute atomic E-state index is 12.5. The Morgan fingerprint density at radius 1 is 1.18 bits per heavy atom. The second-order valence-corrected chi connectivity index (χ2v) is 9.55. The molecule has 1 aromatic heterocycles. The molecule has 0 spiro atoms. The number of hydrogen-bond acceptors (Lipinski definition) is 5. The average Bonchev–Trinajstić information content (AvgIpc) is 2.99. The summed E-state index contributed by atoms with van der Waals surface area (Å²) in [6, 6.07) is 8.44. The molecule has 0 saturated heterocycles. The number of anilines is 1. The van der Waals surface area contributed by atoms with Crippen LogP contribution in [0.2, 0.25) is 0 Å². The SMILES string of the molecule is CC(=NS(=O)(=O)c1ccc(C)cc1)Nc1cc(C(C)C)c2oc(=O)sc2c1C. The van der Waals surface area contributed by atoms with Crippen LogP contribution in [-0.2, 0) is 10.0 Å². The Morgan fingerprint density at radius 2 is 1.82 bits per heavy atom. The van der Waals surface area contributed by atoms with Crippen LogP contribution in [0, 0.1) is 13.8 Å². The Labute approximate surface area is 168 Å². The van der Waals surface area contributed by atoms with Crippen molar-refractivity contribution in [2.24, 2.45) is 4.40 Å². The number of amidine groups is 1. The quantitative estimate of drug-likeness (QED) is 0.485. The molecule has 0 aliphatic rings. The maximum atomic E-state index is 12.5. The summed E-state index contributed by atoms with van der Waals surface area (Å²) in [6.07, 6.45) is 0. The molecule has 0 fully saturated rings. The van der Waals surface area contributed by atoms with Gasteiger partial charge >= 0.3 is 4.94 Å². The van der Waals surface area contributed by atoms with Gasteiger partial charge in [-0.15, -0.1) is 4.40 Å². The first-order valence-electron chi connectivity index (χ1n) is 8.81. The van der Waals surface area contributed by atoms with Gasteiger partial charge in [0.05, 0.1) is 9.60 Å². The zero-order valence-corrected chi connectivity index (χ0v) is 18.0. The number of aryl methyl sites for hydroxylation is 2. The number of fused-ring (bicyclic) bond motifs is 1. The van der Waals surface area contributed by atoms with Gasteiger partial charge in [-0.05, 0) is 50.5 Å². The second-order valence-electron chi connectivity index (χ2n) is 7.00. The van der Waals surface area contributed by atoms with Crippen molar-refractivity contribution in [3.05, 3.63) is 56.8 Å². The molecule has 1 heterocycles. The molecule has 0 unspecified atom stereocenters. The van der Waals surface area contributed by atoms with Crippen molar-refractivity contribution < 1.29 is 12.8 Å². The molecular weight excluding hydrogens is 396 g/mol. The third-order valence-corrected chi connectivity index (χ3v) is 6.72. The summed E-state index contributed by atoms with van der Waals surface area (Å²) in [6.45, 7) is 9.37. The van der Waals surface area contributed by atoms with E-state index in [1.807, 2.05) is 33.8 Å². The summed E-state index contributed by atoms with van der Waals surface area (Å²) in [5, 5.41) is 3.08. The van der Waals surface area contributed by atoms with Crippen molar-refractivity contribution in [2.75, 3.05) is 5.32 Å². The fourth-order valence-corrected chi connectivity index (χ4v) is 4.69. The van der Waals surface area contributed by atoms with Crippen molar-refractivity contribution in [3.8, 4) is 0 Å². The fourth-order valence-electron chi connectivity index (χ4n) is 2.89. The van der Waals surface area contributed by atoms with Crippen molar-refractivity contribution >= 4 is 43.2 Å². The standard InChI is InChI=1S/C20H22N2O4S2/c1-11(2)16-10-17(13(4)19-18(16)26-20(23)27-19)21-14(5)22-28(24,25)15-8-6-12(3)7-9-15/h6-11H,1-5H3,(H,21,22). The van der Waals surface area contributed by atoms with Crippen LogP contribution >= 0.6 is 11.3 Å². The van der Waals surface area contributed by atoms with Crippen molar-refractivity contribution in [1.82, 2.24) is 0 Å². The fraction of sp³-hybridized carbons (Fsp3) is 0.300. The van der Waals surface area contributed by atoms with Gasteiger partial charge in [0.15, 0.2) is 5.58 Å². The van der Waals surface area contributed by atoms with E-state index in [1.54, 1.807) is 31.2 Å². The first kappa shape index (κ1) is 20.3. The smallest absolute Gasteiger partial charge is 0.396 e. The Hall–Kier alpha value is -2.45. The minimum absolute atomic E-state index is 0.134. The van der Waals surface area contributed by atoms with Gasteiger partial charge in [-0.2, -0.15) is 8.42 Å². The molecule has 2 aromatic carbocycles. The van der Waals surface area contributed by atoms with E-state index in [-0.39, 0.29) is 21.6 Å². The van der Waals surface area contributed by atoms with Crippen LogP contribution in [0.15, 0.2) is 48.8 Å². The highest BCUT2D eigenvalue weighted by Gasteiger charge is 2.18. The molecule has 0 atom stereocenters. The van der Waals surface area contributed by atoms with Gasteiger partial charge in [-0.3, -0.25) is 0 Å². The highest BCUT2D eigenvalue weighted by molar-refractivity contribution is 7.90. The summed E-state index contributed by atoms with van der Waals surface area (Å²) in [5.41, 5.74) is 3.97. The van der Waals surface area contributed by atoms with Gasteiger partial charge in [-0.1, -0.05) is 42.9 Å². The molecule has 3 aromatic rings. The Balaban J connectivity index is 2.02. The topological polar surface area (TPSA) is 88.7 Å². The maximum Gasteiger partial charge on any atom is 0.396 e. The lowest BCUT2D eigenvalue weighted by Crippen LogP contribution is -2.12. The first-order chi connectivity index (χ1) is 13.1. The van der Waals surface area contributed by atoms with Crippen molar-refractivity contribution in [2.45, 2.75) is 45.4 Å². The molecule has 0 aliphatic carbocycles. The lowest BCUT2D eigenvalue weighted by Gasteiger charge is -2.14. The Kier molecular flexibility index (Phi) is 5.45. The van der Waals surface area contributed by atoms with E-state index in [4.69, 9.17) is 4.42 Å². The number of rotatable bonds is 4. The largest absolute Gasteiger partial charge is 0.414 e. The highest BCUT2D eigenvalue weighted by Crippen LogP contribution is 2.34. The zero-order chi connectivity index (χ0) is 20.6. The van der Waals surface area contributed by atoms with E-state index in [9.17, 15) is 13.2 Å². The molecule has 0 aliphatic heterocycles. The summed E-state index contributed by atoms with van der Waals surface area (Å²) >= 11 is 1.04. The van der Waals surface area contributed by atoms with Crippen molar-refractivity contribution in [3.63, 3.8) is 0 Å². The van der Waals surface area contributed by atoms with Gasteiger partial charge in [0, 0.05) is 11.3 Å². The molecule has 0 bridgehead atoms. The van der Waals surface area contributed by atoms with Crippen LogP contribution in [-0.4, -0.2) is 14.3 Å². The van der Waals surface area contributed by atoms with Crippen LogP contribution in [0.25, 0.3) is 10.3 Å². The summed E-state index contributed by atoms with van der Waals surface area (Å²) < 4.78 is 35.1. The number of benzene rings is 2. The van der Waals surface area contributed by atoms with Gasteiger partial charge < -0.3 is 9.73 Å². The summed E-state index contributed by atoms with van der Waals surface area (Å²) in [7, 11) is -3.81. The van der Waals surface area contributed by atoms with Crippen LogP contribution in [0.4, 0.5) is 5.69 Å². The average molecular weight is 419 g/mol. The lowest BCUT2D eigenvalue weighted by molar-refractivity contribution is 0.578. The zero-order valence-electron chi connectivity index (χ0n) is 16.4. The molecular formula is C20H22N2O4S2. The monoisotopic (exact) mass is 418 g/mol. The van der Waals surface area contributed by atoms with Gasteiger partial charge in [0.1, 0.15) is 5.84 Å². The third kappa shape index (κ3) is 4.02. The molecule has 1 N–H and O–H groups in total. The highest BCUT2D eigenvalue weighted by atomic mass is 32.2. The molecule has 8 heteroatoms. The minimum Gasteiger partial charge on any atom is -0.414 e. The van der Waals surface area contributed by atoms with E-state index in [1.165, 1.54) is 0 Å². The van der Waals surface area contributed by atoms with Crippen LogP contribution in [0.1, 0.15) is 43.4 Å². The van der Waals surface area contributed by atoms with Gasteiger partial charge in [0.25, 0.3) is 10.0 Å². The molecule has 148 valence electrons. The number of nitrogens with one attached hydrogen (secondary N) is 1. The molecule has 0 amide bonds. The normalized spacial score (nSPS) is 12.7. The van der Waals surface area contributed by atoms with E-state index in [2.05, 4.69) is 9.71 Å². The Bertz CT molecular complexity index is 1220. The lowest BCUT2D eigenvalue weighted by atomic mass is 9.99. The van der Waals surface area contributed by atoms with Crippen LogP contribution in [0.5, 0.6) is 0 Å². The molecule has 0 radical (unpaired) electrons. The molecule has 6 nitrogen and oxygen atoms in total. The number of sulfonamides is 1. The summed E-state index contributed by atoms with van der Waals surface area (Å²) in [5.74, 6) is 0.378. The summed E-state index contributed by atoms with van der Waals surface area (Å²) in [4.78, 5) is 11.5. The van der Waals surface area contributed by atoms with E-state index < -0.39 is 10.0 Å². The van der Waals surface area contributed by atoms with E-state index in [0.29, 0.717) is 11.3 Å². The van der Waals surface area contributed by atoms with Crippen molar-refractivity contribution in [1.29, 1.82) is 0 Å².